The Kier molecular flexibility index (Phi) is 11.7. The summed E-state index contributed by atoms with van der Waals surface area (Å²) < 4.78 is 111. The van der Waals surface area contributed by atoms with Crippen LogP contribution in [0.3, 0.4) is 0 Å². The fraction of sp³-hybridized carbons (Fsp3) is 0.333. The number of halogens is 10. The van der Waals surface area contributed by atoms with Gasteiger partial charge in [-0.25, -0.2) is 14.3 Å². The van der Waals surface area contributed by atoms with E-state index in [0.717, 1.165) is 26.1 Å². The van der Waals surface area contributed by atoms with Crippen LogP contribution in [0.1, 0.15) is 23.1 Å². The first kappa shape index (κ1) is 36.9. The molecule has 20 heteroatoms. The molecule has 1 aliphatic heterocycles. The van der Waals surface area contributed by atoms with Gasteiger partial charge in [0.2, 0.25) is 0 Å². The number of carboxylic acid groups (broad SMARTS) is 1. The Morgan fingerprint density at radius 1 is 0.872 bits per heavy atom. The molecule has 1 aliphatic rings. The largest absolute Gasteiger partial charge is 0.490 e. The lowest BCUT2D eigenvalue weighted by atomic mass is 10.1. The molecular weight excluding hydrogens is 679 g/mol. The lowest BCUT2D eigenvalue weighted by molar-refractivity contribution is -0.192. The molecule has 0 aliphatic carbocycles. The minimum atomic E-state index is -5.08. The van der Waals surface area contributed by atoms with Crippen LogP contribution in [0.5, 0.6) is 0 Å². The number of aliphatic carboxylic acids is 1. The summed E-state index contributed by atoms with van der Waals surface area (Å²) in [7, 11) is 0. The standard InChI is InChI=1S/C25H23ClF6N6O2.C2HF3O2/c26-21-20(37-8-1-6-33-7-9-37)13-34-38(22(21)39)14-15-2-4-18(5-3-15)35-23(40)36-19-11-16(24(27,28)29)10-17(12-19)25(30,31)32;3-2(4,5)1(6)7/h2-5,10-13,33H,1,6-9,14H2,(H2,35,36,40);(H,6,7). The number of urea groups is 1. The van der Waals surface area contributed by atoms with Gasteiger partial charge in [-0.15, -0.1) is 0 Å². The van der Waals surface area contributed by atoms with Gasteiger partial charge in [0.25, 0.3) is 5.56 Å². The smallest absolute Gasteiger partial charge is 0.475 e. The highest BCUT2D eigenvalue weighted by Gasteiger charge is 2.38. The maximum atomic E-state index is 13.0. The van der Waals surface area contributed by atoms with Crippen molar-refractivity contribution in [2.45, 2.75) is 31.5 Å². The molecule has 0 saturated carbocycles. The van der Waals surface area contributed by atoms with Crippen LogP contribution >= 0.6 is 11.6 Å². The van der Waals surface area contributed by atoms with Crippen molar-refractivity contribution in [1.29, 1.82) is 0 Å². The topological polar surface area (TPSA) is 129 Å². The molecule has 0 atom stereocenters. The molecule has 2 heterocycles. The van der Waals surface area contributed by atoms with E-state index in [1.165, 1.54) is 23.0 Å². The molecule has 2 aromatic carbocycles. The first-order valence-corrected chi connectivity index (χ1v) is 13.6. The van der Waals surface area contributed by atoms with Crippen LogP contribution < -0.4 is 26.4 Å². The van der Waals surface area contributed by atoms with Crippen molar-refractivity contribution in [2.24, 2.45) is 0 Å². The van der Waals surface area contributed by atoms with Crippen LogP contribution in [0, 0.1) is 0 Å². The van der Waals surface area contributed by atoms with Crippen molar-refractivity contribution in [2.75, 3.05) is 41.7 Å². The van der Waals surface area contributed by atoms with Gasteiger partial charge in [-0.05, 0) is 48.9 Å². The molecule has 10 nitrogen and oxygen atoms in total. The predicted molar refractivity (Wildman–Crippen MR) is 152 cm³/mol. The SMILES string of the molecule is O=C(Nc1ccc(Cn2ncc(N3CCCNCC3)c(Cl)c2=O)cc1)Nc1cc(C(F)(F)F)cc(C(F)(F)F)c1.O=C(O)C(F)(F)F. The van der Waals surface area contributed by atoms with Gasteiger partial charge >= 0.3 is 30.5 Å². The van der Waals surface area contributed by atoms with Gasteiger partial charge in [0.1, 0.15) is 5.02 Å². The Morgan fingerprint density at radius 3 is 1.96 bits per heavy atom. The number of hydrogen-bond acceptors (Lipinski definition) is 6. The monoisotopic (exact) mass is 702 g/mol. The minimum Gasteiger partial charge on any atom is -0.475 e. The number of hydrogen-bond donors (Lipinski definition) is 4. The molecule has 47 heavy (non-hydrogen) atoms. The third-order valence-electron chi connectivity index (χ3n) is 6.28. The summed E-state index contributed by atoms with van der Waals surface area (Å²) in [5.74, 6) is -2.76. The van der Waals surface area contributed by atoms with Crippen molar-refractivity contribution in [3.63, 3.8) is 0 Å². The molecule has 0 spiro atoms. The third kappa shape index (κ3) is 10.8. The number of anilines is 3. The lowest BCUT2D eigenvalue weighted by Crippen LogP contribution is -2.32. The number of rotatable bonds is 5. The highest BCUT2D eigenvalue weighted by molar-refractivity contribution is 6.33. The van der Waals surface area contributed by atoms with Crippen LogP contribution in [0.4, 0.5) is 61.4 Å². The maximum Gasteiger partial charge on any atom is 0.490 e. The summed E-state index contributed by atoms with van der Waals surface area (Å²) in [6.45, 7) is 3.11. The van der Waals surface area contributed by atoms with Gasteiger partial charge < -0.3 is 26.0 Å². The molecule has 256 valence electrons. The Morgan fingerprint density at radius 2 is 1.43 bits per heavy atom. The fourth-order valence-corrected chi connectivity index (χ4v) is 4.33. The van der Waals surface area contributed by atoms with Crippen molar-refractivity contribution in [3.05, 3.63) is 80.7 Å². The molecule has 4 rings (SSSR count). The van der Waals surface area contributed by atoms with Crippen LogP contribution in [-0.4, -0.2) is 59.2 Å². The van der Waals surface area contributed by atoms with Crippen molar-refractivity contribution < 1.29 is 54.2 Å². The molecule has 0 radical (unpaired) electrons. The molecule has 1 saturated heterocycles. The first-order valence-electron chi connectivity index (χ1n) is 13.2. The number of nitrogens with one attached hydrogen (secondary N) is 3. The molecule has 2 amide bonds. The highest BCUT2D eigenvalue weighted by Crippen LogP contribution is 2.37. The number of amides is 2. The minimum absolute atomic E-state index is 0.0326. The zero-order valence-electron chi connectivity index (χ0n) is 23.7. The predicted octanol–water partition coefficient (Wildman–Crippen LogP) is 6.06. The average molecular weight is 703 g/mol. The fourth-order valence-electron chi connectivity index (χ4n) is 4.06. The second-order valence-electron chi connectivity index (χ2n) is 9.77. The number of nitrogens with zero attached hydrogens (tertiary/aromatic N) is 3. The quantitative estimate of drug-likeness (QED) is 0.238. The molecular formula is C27H24ClF9N6O4. The molecule has 3 aromatic rings. The second kappa shape index (κ2) is 14.9. The van der Waals surface area contributed by atoms with Crippen LogP contribution in [-0.2, 0) is 23.7 Å². The number of carboxylic acids is 1. The van der Waals surface area contributed by atoms with E-state index in [9.17, 15) is 49.1 Å². The van der Waals surface area contributed by atoms with E-state index >= 15 is 0 Å². The van der Waals surface area contributed by atoms with E-state index < -0.39 is 52.9 Å². The van der Waals surface area contributed by atoms with Gasteiger partial charge in [0.05, 0.1) is 29.6 Å². The number of carbonyl (C=O) groups excluding carboxylic acids is 1. The van der Waals surface area contributed by atoms with E-state index in [1.807, 2.05) is 10.2 Å². The lowest BCUT2D eigenvalue weighted by Gasteiger charge is -2.23. The average Bonchev–Trinajstić information content (AvgIpc) is 3.25. The normalized spacial score (nSPS) is 14.0. The van der Waals surface area contributed by atoms with E-state index in [-0.39, 0.29) is 23.3 Å². The maximum absolute atomic E-state index is 13.0. The molecule has 4 N–H and O–H groups in total. The van der Waals surface area contributed by atoms with Crippen molar-refractivity contribution in [1.82, 2.24) is 15.1 Å². The molecule has 0 bridgehead atoms. The molecule has 1 fully saturated rings. The first-order chi connectivity index (χ1) is 21.8. The van der Waals surface area contributed by atoms with E-state index in [2.05, 4.69) is 15.7 Å². The number of alkyl halides is 9. The summed E-state index contributed by atoms with van der Waals surface area (Å²) in [5.41, 5.74) is -2.88. The van der Waals surface area contributed by atoms with Gasteiger partial charge in [-0.2, -0.15) is 44.6 Å². The third-order valence-corrected chi connectivity index (χ3v) is 6.63. The Balaban J connectivity index is 0.000000771. The molecule has 0 unspecified atom stereocenters. The summed E-state index contributed by atoms with van der Waals surface area (Å²) in [5, 5.41) is 19.0. The van der Waals surface area contributed by atoms with E-state index in [4.69, 9.17) is 21.5 Å². The zero-order chi connectivity index (χ0) is 35.2. The Labute approximate surface area is 264 Å². The molecule has 1 aromatic heterocycles. The summed E-state index contributed by atoms with van der Waals surface area (Å²) in [4.78, 5) is 36.0. The summed E-state index contributed by atoms with van der Waals surface area (Å²) >= 11 is 6.35. The van der Waals surface area contributed by atoms with E-state index in [0.29, 0.717) is 29.9 Å². The van der Waals surface area contributed by atoms with Crippen molar-refractivity contribution in [3.8, 4) is 0 Å². The number of benzene rings is 2. The Bertz CT molecular complexity index is 1590. The Hall–Kier alpha value is -4.52. The number of aromatic nitrogens is 2. The number of carbonyl (C=O) groups is 2. The zero-order valence-corrected chi connectivity index (χ0v) is 24.4. The highest BCUT2D eigenvalue weighted by atomic mass is 35.5. The van der Waals surface area contributed by atoms with Gasteiger partial charge in [-0.3, -0.25) is 4.79 Å². The second-order valence-corrected chi connectivity index (χ2v) is 10.1. The summed E-state index contributed by atoms with van der Waals surface area (Å²) in [6, 6.07) is 5.77. The van der Waals surface area contributed by atoms with Crippen LogP contribution in [0.25, 0.3) is 0 Å². The van der Waals surface area contributed by atoms with Crippen LogP contribution in [0.2, 0.25) is 5.02 Å². The van der Waals surface area contributed by atoms with Crippen molar-refractivity contribution >= 4 is 40.7 Å². The van der Waals surface area contributed by atoms with Gasteiger partial charge in [0, 0.05) is 31.0 Å². The van der Waals surface area contributed by atoms with Gasteiger partial charge in [-0.1, -0.05) is 23.7 Å². The van der Waals surface area contributed by atoms with Crippen LogP contribution in [0.15, 0.2) is 53.5 Å². The van der Waals surface area contributed by atoms with Gasteiger partial charge in [0.15, 0.2) is 0 Å². The summed E-state index contributed by atoms with van der Waals surface area (Å²) in [6.07, 6.45) is -12.7. The van der Waals surface area contributed by atoms with E-state index in [1.54, 1.807) is 12.1 Å².